The highest BCUT2D eigenvalue weighted by molar-refractivity contribution is 5.83. The van der Waals surface area contributed by atoms with E-state index in [1.165, 1.54) is 35.0 Å². The van der Waals surface area contributed by atoms with Gasteiger partial charge in [-0.2, -0.15) is 18.3 Å². The fraction of sp³-hybridized carbons (Fsp3) is 0.357. The van der Waals surface area contributed by atoms with Crippen LogP contribution in [0.3, 0.4) is 0 Å². The number of alkyl halides is 3. The summed E-state index contributed by atoms with van der Waals surface area (Å²) < 4.78 is 70.9. The van der Waals surface area contributed by atoms with Gasteiger partial charge in [0.1, 0.15) is 6.54 Å². The van der Waals surface area contributed by atoms with Crippen LogP contribution in [0.5, 0.6) is 0 Å². The van der Waals surface area contributed by atoms with E-state index in [0.29, 0.717) is 28.8 Å². The molecule has 3 heterocycles. The third kappa shape index (κ3) is 11.0. The molecule has 2 aromatic heterocycles. The molecule has 6 rings (SSSR count). The van der Waals surface area contributed by atoms with Gasteiger partial charge in [0.2, 0.25) is 5.91 Å². The van der Waals surface area contributed by atoms with Crippen molar-refractivity contribution < 1.29 is 56.8 Å². The largest absolute Gasteiger partial charge is 0.479 e. The van der Waals surface area contributed by atoms with Crippen LogP contribution in [0.4, 0.5) is 22.0 Å². The molecule has 2 unspecified atom stereocenters. The Labute approximate surface area is 340 Å². The normalized spacial score (nSPS) is 14.6. The monoisotopic (exact) mass is 841 g/mol. The van der Waals surface area contributed by atoms with E-state index in [0.717, 1.165) is 61.8 Å². The Morgan fingerprint density at radius 3 is 2.02 bits per heavy atom. The average Bonchev–Trinajstić information content (AvgIpc) is 3.63. The van der Waals surface area contributed by atoms with Crippen molar-refractivity contribution >= 4 is 28.9 Å². The predicted octanol–water partition coefficient (Wildman–Crippen LogP) is 4.87. The summed E-state index contributed by atoms with van der Waals surface area (Å²) in [5.74, 6) is -5.61. The number of hydrogen-bond donors (Lipinski definition) is 4. The molecule has 1 aliphatic rings. The van der Waals surface area contributed by atoms with E-state index in [1.54, 1.807) is 17.8 Å². The number of carbonyl (C=O) groups is 3. The maximum atomic E-state index is 14.5. The third-order valence-corrected chi connectivity index (χ3v) is 10.4. The van der Waals surface area contributed by atoms with Crippen molar-refractivity contribution in [2.75, 3.05) is 19.6 Å². The van der Waals surface area contributed by atoms with Crippen LogP contribution in [-0.4, -0.2) is 100 Å². The minimum absolute atomic E-state index is 0.0525. The molecule has 60 heavy (non-hydrogen) atoms. The molecular formula is C42H44F5N5O8. The highest BCUT2D eigenvalue weighted by atomic mass is 19.4. The van der Waals surface area contributed by atoms with Gasteiger partial charge in [-0.05, 0) is 72.7 Å². The van der Waals surface area contributed by atoms with Crippen molar-refractivity contribution in [1.29, 1.82) is 0 Å². The van der Waals surface area contributed by atoms with Gasteiger partial charge in [0.15, 0.2) is 34.9 Å². The number of carbonyl (C=O) groups excluding carboxylic acids is 1. The Kier molecular flexibility index (Phi) is 14.6. The molecule has 5 aromatic rings. The lowest BCUT2D eigenvalue weighted by molar-refractivity contribution is -0.165. The number of rotatable bonds is 13. The minimum atomic E-state index is -4.41. The molecule has 0 saturated carbocycles. The van der Waals surface area contributed by atoms with Gasteiger partial charge in [0, 0.05) is 50.7 Å². The first-order chi connectivity index (χ1) is 28.4. The first-order valence-electron chi connectivity index (χ1n) is 19.0. The number of aromatic nitrogens is 3. The third-order valence-electron chi connectivity index (χ3n) is 10.4. The number of piperidine rings is 1. The summed E-state index contributed by atoms with van der Waals surface area (Å²) in [6.07, 6.45) is -5.50. The molecule has 1 amide bonds. The molecule has 1 fully saturated rings. The van der Waals surface area contributed by atoms with E-state index in [1.807, 2.05) is 29.2 Å². The van der Waals surface area contributed by atoms with Crippen LogP contribution in [-0.2, 0) is 53.5 Å². The number of aliphatic carboxylic acids is 2. The molecule has 1 aliphatic heterocycles. The smallest absolute Gasteiger partial charge is 0.416 e. The maximum absolute atomic E-state index is 14.5. The molecule has 0 aliphatic carbocycles. The molecule has 0 radical (unpaired) electrons. The molecule has 13 nitrogen and oxygen atoms in total. The lowest BCUT2D eigenvalue weighted by Gasteiger charge is -2.38. The molecule has 1 saturated heterocycles. The van der Waals surface area contributed by atoms with E-state index in [9.17, 15) is 41.1 Å². The Hall–Kier alpha value is -5.98. The second-order valence-electron chi connectivity index (χ2n) is 14.4. The summed E-state index contributed by atoms with van der Waals surface area (Å²) in [4.78, 5) is 51.3. The van der Waals surface area contributed by atoms with E-state index in [2.05, 4.69) is 16.9 Å². The highest BCUT2D eigenvalue weighted by Crippen LogP contribution is 2.31. The topological polar surface area (TPSA) is 178 Å². The summed E-state index contributed by atoms with van der Waals surface area (Å²) in [7, 11) is 1.69. The van der Waals surface area contributed by atoms with Crippen LogP contribution in [0.25, 0.3) is 22.2 Å². The number of halogens is 5. The van der Waals surface area contributed by atoms with Gasteiger partial charge in [-0.25, -0.2) is 18.4 Å². The fourth-order valence-corrected chi connectivity index (χ4v) is 7.00. The molecule has 2 atom stereocenters. The number of carboxylic acids is 2. The first-order valence-corrected chi connectivity index (χ1v) is 19.0. The Morgan fingerprint density at radius 2 is 1.47 bits per heavy atom. The van der Waals surface area contributed by atoms with Gasteiger partial charge in [-0.1, -0.05) is 55.5 Å². The van der Waals surface area contributed by atoms with Crippen molar-refractivity contribution in [3.8, 4) is 11.1 Å². The zero-order valence-electron chi connectivity index (χ0n) is 32.6. The quantitative estimate of drug-likeness (QED) is 0.120. The standard InChI is InChI=1S/C38H38F5N5O2.C4H6O6/c1-3-46-19-17-30(18-20-46)47(22-25-7-9-26(10-8-25)27-11-14-29(15-12-27)38(41,42)43)35(50)24-48-31(16-13-28-5-4-6-33(39)36(28)40)21-34(49)32-23-45(2)44-37(32)48;5-1(3(7)8)2(6)4(9)10/h4-12,14-15,21,23,30H,3,13,16-20,22,24H2,1-2H3;1-2,5-6H,(H,7,8)(H,9,10). The molecule has 0 spiro atoms. The van der Waals surface area contributed by atoms with Gasteiger partial charge in [-0.15, -0.1) is 0 Å². The van der Waals surface area contributed by atoms with E-state index >= 15 is 0 Å². The van der Waals surface area contributed by atoms with E-state index in [4.69, 9.17) is 20.4 Å². The summed E-state index contributed by atoms with van der Waals surface area (Å²) in [5, 5.41) is 37.4. The highest BCUT2D eigenvalue weighted by Gasteiger charge is 2.31. The summed E-state index contributed by atoms with van der Waals surface area (Å²) in [6.45, 7) is 4.88. The number of carboxylic acid groups (broad SMARTS) is 2. The Bertz CT molecular complexity index is 2340. The summed E-state index contributed by atoms with van der Waals surface area (Å²) >= 11 is 0. The van der Waals surface area contributed by atoms with Gasteiger partial charge in [0.25, 0.3) is 0 Å². The first kappa shape index (κ1) is 45.1. The number of fused-ring (bicyclic) bond motifs is 1. The zero-order chi connectivity index (χ0) is 43.9. The number of amides is 1. The second-order valence-corrected chi connectivity index (χ2v) is 14.4. The van der Waals surface area contributed by atoms with Crippen molar-refractivity contribution in [2.45, 2.75) is 70.1 Å². The molecular weight excluding hydrogens is 797 g/mol. The van der Waals surface area contributed by atoms with E-state index in [-0.39, 0.29) is 42.3 Å². The molecule has 0 bridgehead atoms. The van der Waals surface area contributed by atoms with Crippen molar-refractivity contribution in [3.63, 3.8) is 0 Å². The maximum Gasteiger partial charge on any atom is 0.416 e. The number of likely N-dealkylation sites (tertiary alicyclic amines) is 1. The lowest BCUT2D eigenvalue weighted by Crippen LogP contribution is -2.48. The minimum Gasteiger partial charge on any atom is -0.479 e. The molecule has 3 aromatic carbocycles. The molecule has 320 valence electrons. The average molecular weight is 842 g/mol. The predicted molar refractivity (Wildman–Crippen MR) is 209 cm³/mol. The van der Waals surface area contributed by atoms with Crippen molar-refractivity contribution in [1.82, 2.24) is 24.1 Å². The van der Waals surface area contributed by atoms with Crippen molar-refractivity contribution in [2.24, 2.45) is 7.05 Å². The van der Waals surface area contributed by atoms with Crippen LogP contribution in [0, 0.1) is 11.6 Å². The number of aliphatic hydroxyl groups excluding tert-OH is 2. The number of hydrogen-bond acceptors (Lipinski definition) is 8. The lowest BCUT2D eigenvalue weighted by atomic mass is 10.00. The number of benzene rings is 3. The van der Waals surface area contributed by atoms with Crippen LogP contribution >= 0.6 is 0 Å². The van der Waals surface area contributed by atoms with Crippen molar-refractivity contribution in [3.05, 3.63) is 123 Å². The number of aryl methyl sites for hydroxylation is 3. The molecule has 18 heteroatoms. The number of nitrogens with zero attached hydrogens (tertiary/aromatic N) is 5. The Morgan fingerprint density at radius 1 is 0.883 bits per heavy atom. The van der Waals surface area contributed by atoms with Gasteiger partial charge < -0.3 is 34.8 Å². The number of pyridine rings is 1. The fourth-order valence-electron chi connectivity index (χ4n) is 7.00. The van der Waals surface area contributed by atoms with Crippen LogP contribution in [0.2, 0.25) is 0 Å². The summed E-state index contributed by atoms with van der Waals surface area (Å²) in [5.41, 5.74) is 2.26. The van der Waals surface area contributed by atoms with E-state index < -0.39 is 47.5 Å². The van der Waals surface area contributed by atoms with Crippen LogP contribution in [0.15, 0.2) is 83.8 Å². The van der Waals surface area contributed by atoms with Gasteiger partial charge in [-0.3, -0.25) is 14.3 Å². The van der Waals surface area contributed by atoms with Crippen LogP contribution in [0.1, 0.15) is 42.1 Å². The molecule has 4 N–H and O–H groups in total. The van der Waals surface area contributed by atoms with Gasteiger partial charge >= 0.3 is 18.1 Å². The summed E-state index contributed by atoms with van der Waals surface area (Å²) in [6, 6.07) is 17.8. The SMILES string of the molecule is CCN1CCC(N(Cc2ccc(-c3ccc(C(F)(F)F)cc3)cc2)C(=O)Cn2c(CCc3cccc(F)c3F)cc(=O)c3cn(C)nc32)CC1.O=C(O)C(O)C(O)C(=O)O. The van der Waals surface area contributed by atoms with Gasteiger partial charge in [0.05, 0.1) is 10.9 Å². The number of aliphatic hydroxyl groups is 2. The zero-order valence-corrected chi connectivity index (χ0v) is 32.6. The Balaban J connectivity index is 0.000000606. The van der Waals surface area contributed by atoms with Crippen LogP contribution < -0.4 is 5.43 Å². The second kappa shape index (κ2) is 19.4.